The number of para-hydroxylation sites is 4. The number of ether oxygens (including phenoxy) is 2. The molecule has 0 unspecified atom stereocenters. The predicted octanol–water partition coefficient (Wildman–Crippen LogP) is 13.8. The third-order valence-electron chi connectivity index (χ3n) is 9.76. The molecular formula is C52H42N4O2. The Labute approximate surface area is 340 Å². The van der Waals surface area contributed by atoms with Crippen LogP contribution in [0.2, 0.25) is 0 Å². The first-order chi connectivity index (χ1) is 28.7. The number of hydrogen-bond donors (Lipinski definition) is 0. The second-order valence-electron chi connectivity index (χ2n) is 13.5. The summed E-state index contributed by atoms with van der Waals surface area (Å²) in [5, 5.41) is 0. The van der Waals surface area contributed by atoms with Crippen LogP contribution < -0.4 is 19.3 Å². The molecule has 0 heterocycles. The van der Waals surface area contributed by atoms with Gasteiger partial charge in [-0.15, -0.1) is 0 Å². The van der Waals surface area contributed by atoms with Crippen LogP contribution in [0.15, 0.2) is 216 Å². The van der Waals surface area contributed by atoms with E-state index in [0.29, 0.717) is 11.5 Å². The summed E-state index contributed by atoms with van der Waals surface area (Å²) in [5.41, 5.74) is 11.9. The summed E-state index contributed by atoms with van der Waals surface area (Å²) >= 11 is 0. The summed E-state index contributed by atoms with van der Waals surface area (Å²) in [6.45, 7) is 0. The molecule has 8 aromatic carbocycles. The standard InChI is InChI=1S/C52H42N4O2/c1-57-51-35-41(27-33-49(51)53-37-39-23-29-47(30-24-39)55(43-15-7-3-8-16-43)44-17-9-4-10-18-44)42-28-34-50(52(36-42)58-2)54-38-40-25-31-48(32-26-40)56(45-19-11-5-12-20-45)46-21-13-6-14-22-46/h3-38H,1-2H3. The SMILES string of the molecule is COc1cc(-c2ccc(N=Cc3ccc(N(c4ccccc4)c4ccccc4)cc3)c(OC)c2)ccc1N=Cc1ccc(N(c2ccccc2)c2ccccc2)cc1. The maximum Gasteiger partial charge on any atom is 0.145 e. The number of aliphatic imine (C=N–C) groups is 2. The second-order valence-corrected chi connectivity index (χ2v) is 13.5. The van der Waals surface area contributed by atoms with Crippen LogP contribution in [0.5, 0.6) is 11.5 Å². The van der Waals surface area contributed by atoms with Crippen molar-refractivity contribution in [2.24, 2.45) is 9.98 Å². The summed E-state index contributed by atoms with van der Waals surface area (Å²) in [6.07, 6.45) is 3.73. The molecule has 0 spiro atoms. The molecule has 0 bridgehead atoms. The highest BCUT2D eigenvalue weighted by atomic mass is 16.5. The lowest BCUT2D eigenvalue weighted by molar-refractivity contribution is 0.415. The Hall–Kier alpha value is -7.70. The van der Waals surface area contributed by atoms with E-state index in [1.165, 1.54) is 0 Å². The minimum atomic E-state index is 0.673. The minimum Gasteiger partial charge on any atom is -0.494 e. The molecule has 0 saturated heterocycles. The van der Waals surface area contributed by atoms with Gasteiger partial charge in [-0.25, -0.2) is 0 Å². The van der Waals surface area contributed by atoms with E-state index in [4.69, 9.17) is 19.5 Å². The summed E-state index contributed by atoms with van der Waals surface area (Å²) in [6, 6.07) is 70.3. The van der Waals surface area contributed by atoms with Gasteiger partial charge in [0.15, 0.2) is 0 Å². The lowest BCUT2D eigenvalue weighted by Crippen LogP contribution is -2.09. The largest absolute Gasteiger partial charge is 0.494 e. The molecular weight excluding hydrogens is 713 g/mol. The van der Waals surface area contributed by atoms with Crippen molar-refractivity contribution in [3.8, 4) is 22.6 Å². The summed E-state index contributed by atoms with van der Waals surface area (Å²) in [5.74, 6) is 1.35. The van der Waals surface area contributed by atoms with Gasteiger partial charge in [0.2, 0.25) is 0 Å². The monoisotopic (exact) mass is 754 g/mol. The van der Waals surface area contributed by atoms with Crippen molar-refractivity contribution in [2.45, 2.75) is 0 Å². The molecule has 0 saturated carbocycles. The van der Waals surface area contributed by atoms with E-state index in [9.17, 15) is 0 Å². The van der Waals surface area contributed by atoms with Crippen molar-refractivity contribution in [1.29, 1.82) is 0 Å². The first-order valence-corrected chi connectivity index (χ1v) is 19.1. The van der Waals surface area contributed by atoms with Gasteiger partial charge in [-0.05, 0) is 119 Å². The Morgan fingerprint density at radius 1 is 0.345 bits per heavy atom. The van der Waals surface area contributed by atoms with Crippen molar-refractivity contribution < 1.29 is 9.47 Å². The number of nitrogens with zero attached hydrogens (tertiary/aromatic N) is 4. The second kappa shape index (κ2) is 17.8. The molecule has 8 aromatic rings. The Morgan fingerprint density at radius 3 is 0.931 bits per heavy atom. The lowest BCUT2D eigenvalue weighted by Gasteiger charge is -2.25. The molecule has 0 aliphatic rings. The van der Waals surface area contributed by atoms with Crippen LogP contribution in [-0.2, 0) is 0 Å². The third-order valence-corrected chi connectivity index (χ3v) is 9.76. The third kappa shape index (κ3) is 8.57. The molecule has 0 fully saturated rings. The van der Waals surface area contributed by atoms with E-state index in [2.05, 4.69) is 155 Å². The number of benzene rings is 8. The normalized spacial score (nSPS) is 11.1. The van der Waals surface area contributed by atoms with Gasteiger partial charge < -0.3 is 19.3 Å². The smallest absolute Gasteiger partial charge is 0.145 e. The summed E-state index contributed by atoms with van der Waals surface area (Å²) in [7, 11) is 3.33. The molecule has 0 N–H and O–H groups in total. The molecule has 282 valence electrons. The average Bonchev–Trinajstić information content (AvgIpc) is 3.30. The van der Waals surface area contributed by atoms with E-state index in [-0.39, 0.29) is 0 Å². The molecule has 0 atom stereocenters. The van der Waals surface area contributed by atoms with Gasteiger partial charge >= 0.3 is 0 Å². The number of hydrogen-bond acceptors (Lipinski definition) is 6. The van der Waals surface area contributed by atoms with Crippen LogP contribution in [0.25, 0.3) is 11.1 Å². The Bertz CT molecular complexity index is 2350. The molecule has 0 aliphatic heterocycles. The van der Waals surface area contributed by atoms with Gasteiger partial charge in [-0.1, -0.05) is 109 Å². The molecule has 8 rings (SSSR count). The van der Waals surface area contributed by atoms with Crippen LogP contribution in [-0.4, -0.2) is 26.6 Å². The van der Waals surface area contributed by atoms with Crippen molar-refractivity contribution in [1.82, 2.24) is 0 Å². The molecule has 6 heteroatoms. The predicted molar refractivity (Wildman–Crippen MR) is 242 cm³/mol. The Kier molecular flexibility index (Phi) is 11.5. The molecule has 0 aliphatic carbocycles. The van der Waals surface area contributed by atoms with E-state index in [1.807, 2.05) is 73.1 Å². The van der Waals surface area contributed by atoms with Gasteiger partial charge in [-0.2, -0.15) is 0 Å². The van der Waals surface area contributed by atoms with Crippen LogP contribution in [0.3, 0.4) is 0 Å². The summed E-state index contributed by atoms with van der Waals surface area (Å²) in [4.78, 5) is 14.1. The van der Waals surface area contributed by atoms with Gasteiger partial charge in [0.1, 0.15) is 22.9 Å². The van der Waals surface area contributed by atoms with Crippen molar-refractivity contribution >= 4 is 57.9 Å². The zero-order chi connectivity index (χ0) is 39.5. The van der Waals surface area contributed by atoms with Crippen LogP contribution in [0, 0.1) is 0 Å². The molecule has 6 nitrogen and oxygen atoms in total. The number of methoxy groups -OCH3 is 2. The zero-order valence-corrected chi connectivity index (χ0v) is 32.4. The van der Waals surface area contributed by atoms with Gasteiger partial charge in [0.25, 0.3) is 0 Å². The fourth-order valence-corrected chi connectivity index (χ4v) is 6.84. The van der Waals surface area contributed by atoms with E-state index in [0.717, 1.165) is 67.8 Å². The van der Waals surface area contributed by atoms with Gasteiger partial charge in [0.05, 0.1) is 14.2 Å². The average molecular weight is 755 g/mol. The Morgan fingerprint density at radius 2 is 0.638 bits per heavy atom. The highest BCUT2D eigenvalue weighted by Crippen LogP contribution is 2.38. The minimum absolute atomic E-state index is 0.673. The van der Waals surface area contributed by atoms with Crippen LogP contribution in [0.1, 0.15) is 11.1 Å². The summed E-state index contributed by atoms with van der Waals surface area (Å²) < 4.78 is 11.6. The zero-order valence-electron chi connectivity index (χ0n) is 32.4. The number of rotatable bonds is 13. The van der Waals surface area contributed by atoms with Crippen LogP contribution in [0.4, 0.5) is 45.5 Å². The first kappa shape index (κ1) is 37.2. The topological polar surface area (TPSA) is 49.7 Å². The number of anilines is 6. The van der Waals surface area contributed by atoms with Gasteiger partial charge in [0, 0.05) is 46.6 Å². The molecule has 58 heavy (non-hydrogen) atoms. The lowest BCUT2D eigenvalue weighted by atomic mass is 10.0. The maximum atomic E-state index is 5.81. The molecule has 0 amide bonds. The van der Waals surface area contributed by atoms with Crippen molar-refractivity contribution in [3.63, 3.8) is 0 Å². The maximum absolute atomic E-state index is 5.81. The van der Waals surface area contributed by atoms with Gasteiger partial charge in [-0.3, -0.25) is 9.98 Å². The molecule has 0 radical (unpaired) electrons. The quantitative estimate of drug-likeness (QED) is 0.110. The highest BCUT2D eigenvalue weighted by Gasteiger charge is 2.14. The fraction of sp³-hybridized carbons (Fsp3) is 0.0385. The highest BCUT2D eigenvalue weighted by molar-refractivity contribution is 5.87. The van der Waals surface area contributed by atoms with Crippen molar-refractivity contribution in [2.75, 3.05) is 24.0 Å². The van der Waals surface area contributed by atoms with Crippen molar-refractivity contribution in [3.05, 3.63) is 217 Å². The Balaban J connectivity index is 0.972. The fourth-order valence-electron chi connectivity index (χ4n) is 6.84. The van der Waals surface area contributed by atoms with E-state index in [1.54, 1.807) is 14.2 Å². The first-order valence-electron chi connectivity index (χ1n) is 19.1. The van der Waals surface area contributed by atoms with E-state index >= 15 is 0 Å². The van der Waals surface area contributed by atoms with Crippen LogP contribution >= 0.6 is 0 Å². The van der Waals surface area contributed by atoms with E-state index < -0.39 is 0 Å². The molecule has 0 aromatic heterocycles.